The number of nitrogen functional groups attached to an aromatic ring is 1. The Morgan fingerprint density at radius 3 is 2.92 bits per heavy atom. The first-order valence-corrected chi connectivity index (χ1v) is 5.02. The molecule has 0 fully saturated rings. The normalized spacial score (nSPS) is 15.3. The average Bonchev–Trinajstić information content (AvgIpc) is 2.56. The number of hydrogen-bond acceptors (Lipinski definition) is 2. The monoisotopic (exact) mass is 179 g/mol. The van der Waals surface area contributed by atoms with Crippen molar-refractivity contribution in [2.24, 2.45) is 5.92 Å². The molecule has 0 spiro atoms. The van der Waals surface area contributed by atoms with Crippen molar-refractivity contribution in [2.75, 3.05) is 5.73 Å². The van der Waals surface area contributed by atoms with E-state index in [-0.39, 0.29) is 0 Å². The van der Waals surface area contributed by atoms with Crippen LogP contribution in [0.5, 0.6) is 0 Å². The molecular formula is C10H17N3. The van der Waals surface area contributed by atoms with Gasteiger partial charge in [-0.3, -0.25) is 4.68 Å². The highest BCUT2D eigenvalue weighted by Crippen LogP contribution is 2.27. The van der Waals surface area contributed by atoms with Crippen LogP contribution in [0.4, 0.5) is 5.82 Å². The second kappa shape index (κ2) is 3.05. The SMILES string of the molecule is CC(C)Cn1nc(N)c2c1CCC2. The highest BCUT2D eigenvalue weighted by molar-refractivity contribution is 5.45. The van der Waals surface area contributed by atoms with Gasteiger partial charge in [0.25, 0.3) is 0 Å². The molecule has 0 saturated carbocycles. The van der Waals surface area contributed by atoms with Crippen molar-refractivity contribution in [1.82, 2.24) is 9.78 Å². The van der Waals surface area contributed by atoms with E-state index >= 15 is 0 Å². The van der Waals surface area contributed by atoms with Gasteiger partial charge in [0.2, 0.25) is 0 Å². The first-order chi connectivity index (χ1) is 6.18. The maximum Gasteiger partial charge on any atom is 0.148 e. The molecule has 2 rings (SSSR count). The lowest BCUT2D eigenvalue weighted by molar-refractivity contribution is 0.470. The summed E-state index contributed by atoms with van der Waals surface area (Å²) in [7, 11) is 0. The minimum Gasteiger partial charge on any atom is -0.382 e. The topological polar surface area (TPSA) is 43.8 Å². The fraction of sp³-hybridized carbons (Fsp3) is 0.700. The van der Waals surface area contributed by atoms with Gasteiger partial charge in [-0.15, -0.1) is 0 Å². The minimum atomic E-state index is 0.643. The largest absolute Gasteiger partial charge is 0.382 e. The summed E-state index contributed by atoms with van der Waals surface area (Å²) < 4.78 is 2.10. The van der Waals surface area contributed by atoms with E-state index in [1.54, 1.807) is 0 Å². The molecule has 0 aromatic carbocycles. The van der Waals surface area contributed by atoms with E-state index in [4.69, 9.17) is 5.73 Å². The lowest BCUT2D eigenvalue weighted by Crippen LogP contribution is -2.09. The van der Waals surface area contributed by atoms with Crippen LogP contribution in [0.25, 0.3) is 0 Å². The summed E-state index contributed by atoms with van der Waals surface area (Å²) in [6.45, 7) is 5.41. The molecule has 1 aromatic heterocycles. The van der Waals surface area contributed by atoms with Gasteiger partial charge in [-0.25, -0.2) is 0 Å². The summed E-state index contributed by atoms with van der Waals surface area (Å²) in [4.78, 5) is 0. The standard InChI is InChI=1S/C10H17N3/c1-7(2)6-13-9-5-3-4-8(9)10(11)12-13/h7H,3-6H2,1-2H3,(H2,11,12). The highest BCUT2D eigenvalue weighted by atomic mass is 15.3. The molecule has 0 radical (unpaired) electrons. The van der Waals surface area contributed by atoms with E-state index in [1.165, 1.54) is 17.7 Å². The lowest BCUT2D eigenvalue weighted by atomic mass is 10.2. The van der Waals surface area contributed by atoms with Gasteiger partial charge in [0.05, 0.1) is 0 Å². The molecule has 0 aliphatic heterocycles. The Balaban J connectivity index is 2.31. The van der Waals surface area contributed by atoms with Crippen molar-refractivity contribution < 1.29 is 0 Å². The summed E-state index contributed by atoms with van der Waals surface area (Å²) in [6, 6.07) is 0. The predicted molar refractivity (Wildman–Crippen MR) is 53.5 cm³/mol. The zero-order chi connectivity index (χ0) is 9.42. The third-order valence-corrected chi connectivity index (χ3v) is 2.58. The van der Waals surface area contributed by atoms with Crippen LogP contribution >= 0.6 is 0 Å². The zero-order valence-corrected chi connectivity index (χ0v) is 8.38. The van der Waals surface area contributed by atoms with Crippen molar-refractivity contribution in [1.29, 1.82) is 0 Å². The lowest BCUT2D eigenvalue weighted by Gasteiger charge is -2.07. The van der Waals surface area contributed by atoms with Crippen LogP contribution in [0.1, 0.15) is 31.5 Å². The van der Waals surface area contributed by atoms with E-state index in [9.17, 15) is 0 Å². The van der Waals surface area contributed by atoms with Crippen molar-refractivity contribution in [3.05, 3.63) is 11.3 Å². The molecule has 0 saturated heterocycles. The predicted octanol–water partition coefficient (Wildman–Crippen LogP) is 1.61. The van der Waals surface area contributed by atoms with Crippen molar-refractivity contribution in [3.63, 3.8) is 0 Å². The number of hydrogen-bond donors (Lipinski definition) is 1. The molecule has 3 nitrogen and oxygen atoms in total. The first kappa shape index (κ1) is 8.60. The maximum atomic E-state index is 5.84. The average molecular weight is 179 g/mol. The second-order valence-electron chi connectivity index (χ2n) is 4.24. The smallest absolute Gasteiger partial charge is 0.148 e. The van der Waals surface area contributed by atoms with Crippen LogP contribution in [-0.2, 0) is 19.4 Å². The van der Waals surface area contributed by atoms with Gasteiger partial charge in [-0.1, -0.05) is 13.8 Å². The van der Waals surface area contributed by atoms with Crippen LogP contribution in [0.3, 0.4) is 0 Å². The molecule has 3 heteroatoms. The van der Waals surface area contributed by atoms with Crippen LogP contribution in [-0.4, -0.2) is 9.78 Å². The Bertz CT molecular complexity index is 312. The van der Waals surface area contributed by atoms with E-state index in [0.717, 1.165) is 25.2 Å². The quantitative estimate of drug-likeness (QED) is 0.749. The molecule has 1 aliphatic rings. The Morgan fingerprint density at radius 1 is 1.46 bits per heavy atom. The molecule has 0 amide bonds. The molecule has 2 N–H and O–H groups in total. The first-order valence-electron chi connectivity index (χ1n) is 5.02. The van der Waals surface area contributed by atoms with E-state index in [0.29, 0.717) is 5.92 Å². The number of aromatic nitrogens is 2. The highest BCUT2D eigenvalue weighted by Gasteiger charge is 2.20. The number of nitrogens with two attached hydrogens (primary N) is 1. The van der Waals surface area contributed by atoms with E-state index in [1.807, 2.05) is 0 Å². The fourth-order valence-corrected chi connectivity index (χ4v) is 2.04. The third-order valence-electron chi connectivity index (χ3n) is 2.58. The van der Waals surface area contributed by atoms with Gasteiger partial charge in [-0.05, 0) is 25.2 Å². The molecule has 0 bridgehead atoms. The maximum absolute atomic E-state index is 5.84. The summed E-state index contributed by atoms with van der Waals surface area (Å²) >= 11 is 0. The van der Waals surface area contributed by atoms with Crippen LogP contribution in [0, 0.1) is 5.92 Å². The molecule has 0 atom stereocenters. The van der Waals surface area contributed by atoms with Crippen LogP contribution in [0.15, 0.2) is 0 Å². The summed E-state index contributed by atoms with van der Waals surface area (Å²) in [5.41, 5.74) is 8.52. The molecule has 72 valence electrons. The van der Waals surface area contributed by atoms with E-state index < -0.39 is 0 Å². The summed E-state index contributed by atoms with van der Waals surface area (Å²) in [5, 5.41) is 4.37. The Kier molecular flexibility index (Phi) is 2.02. The number of anilines is 1. The minimum absolute atomic E-state index is 0.643. The molecule has 13 heavy (non-hydrogen) atoms. The fourth-order valence-electron chi connectivity index (χ4n) is 2.04. The van der Waals surface area contributed by atoms with Gasteiger partial charge < -0.3 is 5.73 Å². The third kappa shape index (κ3) is 1.43. The van der Waals surface area contributed by atoms with Gasteiger partial charge in [0, 0.05) is 17.8 Å². The molecular weight excluding hydrogens is 162 g/mol. The Labute approximate surface area is 78.9 Å². The molecule has 0 unspecified atom stereocenters. The molecule has 1 aliphatic carbocycles. The van der Waals surface area contributed by atoms with Gasteiger partial charge in [-0.2, -0.15) is 5.10 Å². The van der Waals surface area contributed by atoms with Crippen LogP contribution in [0.2, 0.25) is 0 Å². The van der Waals surface area contributed by atoms with Crippen molar-refractivity contribution in [3.8, 4) is 0 Å². The Hall–Kier alpha value is -0.990. The number of fused-ring (bicyclic) bond motifs is 1. The Morgan fingerprint density at radius 2 is 2.23 bits per heavy atom. The number of nitrogens with zero attached hydrogens (tertiary/aromatic N) is 2. The summed E-state index contributed by atoms with van der Waals surface area (Å²) in [6.07, 6.45) is 3.53. The van der Waals surface area contributed by atoms with Gasteiger partial charge in [0.1, 0.15) is 5.82 Å². The van der Waals surface area contributed by atoms with Crippen molar-refractivity contribution in [2.45, 2.75) is 39.7 Å². The summed E-state index contributed by atoms with van der Waals surface area (Å²) in [5.74, 6) is 1.40. The number of rotatable bonds is 2. The second-order valence-corrected chi connectivity index (χ2v) is 4.24. The molecule has 1 aromatic rings. The van der Waals surface area contributed by atoms with Crippen LogP contribution < -0.4 is 5.73 Å². The zero-order valence-electron chi connectivity index (χ0n) is 8.38. The van der Waals surface area contributed by atoms with Gasteiger partial charge >= 0.3 is 0 Å². The van der Waals surface area contributed by atoms with Gasteiger partial charge in [0.15, 0.2) is 0 Å². The van der Waals surface area contributed by atoms with Crippen molar-refractivity contribution >= 4 is 5.82 Å². The van der Waals surface area contributed by atoms with E-state index in [2.05, 4.69) is 23.6 Å². The molecule has 1 heterocycles.